The lowest BCUT2D eigenvalue weighted by molar-refractivity contribution is -0.135. The molecule has 6 heteroatoms. The van der Waals surface area contributed by atoms with Crippen molar-refractivity contribution in [2.45, 2.75) is 27.2 Å². The molecular formula is C21H24O6. The maximum Gasteiger partial charge on any atom is 0.343 e. The molecule has 0 saturated heterocycles. The number of rotatable bonds is 8. The zero-order valence-electron chi connectivity index (χ0n) is 16.0. The molecule has 2 rings (SSSR count). The molecule has 0 bridgehead atoms. The Labute approximate surface area is 159 Å². The third-order valence-corrected chi connectivity index (χ3v) is 3.54. The van der Waals surface area contributed by atoms with Gasteiger partial charge in [0.2, 0.25) is 0 Å². The number of methoxy groups -OCH3 is 1. The van der Waals surface area contributed by atoms with Crippen LogP contribution >= 0.6 is 0 Å². The van der Waals surface area contributed by atoms with Crippen LogP contribution in [0.4, 0.5) is 0 Å². The molecule has 0 saturated carbocycles. The Morgan fingerprint density at radius 3 is 2.11 bits per heavy atom. The van der Waals surface area contributed by atoms with E-state index in [1.807, 2.05) is 20.8 Å². The molecule has 6 nitrogen and oxygen atoms in total. The van der Waals surface area contributed by atoms with Crippen LogP contribution < -0.4 is 18.9 Å². The summed E-state index contributed by atoms with van der Waals surface area (Å²) in [6, 6.07) is 11.1. The standard InChI is InChI=1S/C21H24O6/c1-5-25-18-11-6-15(13-19(18)24-4)21(23)27-17-9-7-16(8-10-17)26-20(22)12-14(2)3/h6-11,13-14H,5,12H2,1-4H3. The molecule has 0 aromatic heterocycles. The fourth-order valence-electron chi connectivity index (χ4n) is 2.32. The molecule has 144 valence electrons. The Kier molecular flexibility index (Phi) is 7.23. The quantitative estimate of drug-likeness (QED) is 0.509. The van der Waals surface area contributed by atoms with Crippen molar-refractivity contribution in [1.29, 1.82) is 0 Å². The second-order valence-corrected chi connectivity index (χ2v) is 6.23. The monoisotopic (exact) mass is 372 g/mol. The van der Waals surface area contributed by atoms with Gasteiger partial charge >= 0.3 is 11.9 Å². The van der Waals surface area contributed by atoms with Gasteiger partial charge in [0.25, 0.3) is 0 Å². The Balaban J connectivity index is 2.02. The highest BCUT2D eigenvalue weighted by Gasteiger charge is 2.14. The third kappa shape index (κ3) is 6.02. The van der Waals surface area contributed by atoms with E-state index in [4.69, 9.17) is 18.9 Å². The van der Waals surface area contributed by atoms with Gasteiger partial charge in [-0.1, -0.05) is 13.8 Å². The summed E-state index contributed by atoms with van der Waals surface area (Å²) in [4.78, 5) is 24.0. The van der Waals surface area contributed by atoms with Gasteiger partial charge in [-0.2, -0.15) is 0 Å². The molecule has 0 atom stereocenters. The zero-order chi connectivity index (χ0) is 19.8. The van der Waals surface area contributed by atoms with Crippen molar-refractivity contribution in [3.8, 4) is 23.0 Å². The second kappa shape index (κ2) is 9.62. The number of esters is 2. The van der Waals surface area contributed by atoms with E-state index in [9.17, 15) is 9.59 Å². The van der Waals surface area contributed by atoms with E-state index in [2.05, 4.69) is 0 Å². The van der Waals surface area contributed by atoms with E-state index in [1.165, 1.54) is 7.11 Å². The van der Waals surface area contributed by atoms with Crippen LogP contribution in [-0.2, 0) is 4.79 Å². The van der Waals surface area contributed by atoms with Crippen LogP contribution in [0.3, 0.4) is 0 Å². The van der Waals surface area contributed by atoms with Crippen molar-refractivity contribution >= 4 is 11.9 Å². The van der Waals surface area contributed by atoms with Crippen LogP contribution in [0.15, 0.2) is 42.5 Å². The van der Waals surface area contributed by atoms with Crippen molar-refractivity contribution in [2.75, 3.05) is 13.7 Å². The van der Waals surface area contributed by atoms with Crippen LogP contribution in [0.25, 0.3) is 0 Å². The summed E-state index contributed by atoms with van der Waals surface area (Å²) in [6.07, 6.45) is 0.344. The van der Waals surface area contributed by atoms with Crippen LogP contribution in [0.2, 0.25) is 0 Å². The second-order valence-electron chi connectivity index (χ2n) is 6.23. The lowest BCUT2D eigenvalue weighted by Gasteiger charge is -2.11. The number of hydrogen-bond donors (Lipinski definition) is 0. The normalized spacial score (nSPS) is 10.4. The minimum atomic E-state index is -0.527. The first-order chi connectivity index (χ1) is 12.9. The predicted molar refractivity (Wildman–Crippen MR) is 101 cm³/mol. The Hall–Kier alpha value is -3.02. The smallest absolute Gasteiger partial charge is 0.343 e. The van der Waals surface area contributed by atoms with Crippen LogP contribution in [0.5, 0.6) is 23.0 Å². The van der Waals surface area contributed by atoms with Crippen molar-refractivity contribution in [1.82, 2.24) is 0 Å². The average molecular weight is 372 g/mol. The summed E-state index contributed by atoms with van der Waals surface area (Å²) in [5, 5.41) is 0. The van der Waals surface area contributed by atoms with E-state index in [0.717, 1.165) is 0 Å². The van der Waals surface area contributed by atoms with Crippen molar-refractivity contribution < 1.29 is 28.5 Å². The highest BCUT2D eigenvalue weighted by Crippen LogP contribution is 2.28. The van der Waals surface area contributed by atoms with Gasteiger partial charge in [-0.3, -0.25) is 4.79 Å². The fraction of sp³-hybridized carbons (Fsp3) is 0.333. The highest BCUT2D eigenvalue weighted by molar-refractivity contribution is 5.91. The molecule has 0 amide bonds. The van der Waals surface area contributed by atoms with Gasteiger partial charge in [0.05, 0.1) is 19.3 Å². The molecule has 0 unspecified atom stereocenters. The molecule has 2 aromatic rings. The molecule has 0 aliphatic heterocycles. The molecule has 0 heterocycles. The summed E-state index contributed by atoms with van der Waals surface area (Å²) in [6.45, 7) is 6.25. The molecule has 27 heavy (non-hydrogen) atoms. The van der Waals surface area contributed by atoms with E-state index >= 15 is 0 Å². The molecule has 0 fully saturated rings. The number of carbonyl (C=O) groups is 2. The number of ether oxygens (including phenoxy) is 4. The minimum Gasteiger partial charge on any atom is -0.493 e. The zero-order valence-corrected chi connectivity index (χ0v) is 16.0. The number of benzene rings is 2. The molecule has 0 radical (unpaired) electrons. The van der Waals surface area contributed by atoms with E-state index in [0.29, 0.717) is 41.6 Å². The maximum absolute atomic E-state index is 12.3. The minimum absolute atomic E-state index is 0.226. The van der Waals surface area contributed by atoms with Gasteiger partial charge < -0.3 is 18.9 Å². The van der Waals surface area contributed by atoms with E-state index in [-0.39, 0.29) is 11.9 Å². The Bertz CT molecular complexity index is 780. The van der Waals surface area contributed by atoms with Crippen LogP contribution in [-0.4, -0.2) is 25.7 Å². The molecule has 0 aliphatic carbocycles. The maximum atomic E-state index is 12.3. The van der Waals surface area contributed by atoms with E-state index < -0.39 is 5.97 Å². The first-order valence-electron chi connectivity index (χ1n) is 8.76. The first kappa shape index (κ1) is 20.3. The summed E-state index contributed by atoms with van der Waals surface area (Å²) in [5.41, 5.74) is 0.336. The van der Waals surface area contributed by atoms with Gasteiger partial charge in [0.1, 0.15) is 11.5 Å². The summed E-state index contributed by atoms with van der Waals surface area (Å²) in [7, 11) is 1.51. The lowest BCUT2D eigenvalue weighted by atomic mass is 10.1. The van der Waals surface area contributed by atoms with Gasteiger partial charge in [-0.25, -0.2) is 4.79 Å². The Morgan fingerprint density at radius 2 is 1.56 bits per heavy atom. The topological polar surface area (TPSA) is 71.1 Å². The predicted octanol–water partition coefficient (Wildman–Crippen LogP) is 4.26. The molecule has 0 N–H and O–H groups in total. The van der Waals surface area contributed by atoms with Crippen LogP contribution in [0, 0.1) is 5.92 Å². The fourth-order valence-corrected chi connectivity index (χ4v) is 2.32. The lowest BCUT2D eigenvalue weighted by Crippen LogP contribution is -2.11. The summed E-state index contributed by atoms with van der Waals surface area (Å²) >= 11 is 0. The average Bonchev–Trinajstić information content (AvgIpc) is 2.63. The third-order valence-electron chi connectivity index (χ3n) is 3.54. The van der Waals surface area contributed by atoms with Crippen molar-refractivity contribution in [3.05, 3.63) is 48.0 Å². The van der Waals surface area contributed by atoms with E-state index in [1.54, 1.807) is 42.5 Å². The molecule has 0 aliphatic rings. The van der Waals surface area contributed by atoms with Crippen molar-refractivity contribution in [3.63, 3.8) is 0 Å². The highest BCUT2D eigenvalue weighted by atomic mass is 16.5. The SMILES string of the molecule is CCOc1ccc(C(=O)Oc2ccc(OC(=O)CC(C)C)cc2)cc1OC. The Morgan fingerprint density at radius 1 is 0.926 bits per heavy atom. The summed E-state index contributed by atoms with van der Waals surface area (Å²) < 4.78 is 21.2. The molecular weight excluding hydrogens is 348 g/mol. The molecule has 0 spiro atoms. The van der Waals surface area contributed by atoms with Gasteiger partial charge in [-0.15, -0.1) is 0 Å². The first-order valence-corrected chi connectivity index (χ1v) is 8.76. The van der Waals surface area contributed by atoms with Gasteiger partial charge in [0.15, 0.2) is 11.5 Å². The summed E-state index contributed by atoms with van der Waals surface area (Å²) in [5.74, 6) is 1.17. The van der Waals surface area contributed by atoms with Gasteiger partial charge in [-0.05, 0) is 55.3 Å². The van der Waals surface area contributed by atoms with Gasteiger partial charge in [0, 0.05) is 6.42 Å². The van der Waals surface area contributed by atoms with Crippen LogP contribution in [0.1, 0.15) is 37.6 Å². The number of hydrogen-bond acceptors (Lipinski definition) is 6. The largest absolute Gasteiger partial charge is 0.493 e. The molecule has 2 aromatic carbocycles. The number of carbonyl (C=O) groups excluding carboxylic acids is 2. The van der Waals surface area contributed by atoms with Crippen molar-refractivity contribution in [2.24, 2.45) is 5.92 Å².